The van der Waals surface area contributed by atoms with Gasteiger partial charge < -0.3 is 5.11 Å². The lowest BCUT2D eigenvalue weighted by Crippen LogP contribution is -1.78. The van der Waals surface area contributed by atoms with E-state index in [0.29, 0.717) is 10.5 Å². The van der Waals surface area contributed by atoms with E-state index in [1.807, 2.05) is 17.5 Å². The van der Waals surface area contributed by atoms with Gasteiger partial charge in [0.2, 0.25) is 0 Å². The number of hydrogen-bond acceptors (Lipinski definition) is 4. The highest BCUT2D eigenvalue weighted by atomic mass is 32.1. The predicted molar refractivity (Wildman–Crippen MR) is 55.5 cm³/mol. The number of hydrogen-bond donors (Lipinski definition) is 2. The Kier molecular flexibility index (Phi) is 1.91. The highest BCUT2D eigenvalue weighted by Crippen LogP contribution is 2.35. The van der Waals surface area contributed by atoms with Crippen LogP contribution in [0.2, 0.25) is 0 Å². The maximum Gasteiger partial charge on any atom is 0.135 e. The monoisotopic (exact) mass is 207 g/mol. The van der Waals surface area contributed by atoms with Crippen molar-refractivity contribution >= 4 is 34.1 Å². The zero-order chi connectivity index (χ0) is 9.42. The van der Waals surface area contributed by atoms with E-state index in [0.717, 1.165) is 10.1 Å². The van der Waals surface area contributed by atoms with Crippen molar-refractivity contribution in [3.8, 4) is 11.8 Å². The third kappa shape index (κ3) is 1.17. The molecule has 0 fully saturated rings. The van der Waals surface area contributed by atoms with E-state index in [2.05, 4.69) is 12.6 Å². The zero-order valence-electron chi connectivity index (χ0n) is 6.48. The van der Waals surface area contributed by atoms with Gasteiger partial charge in [-0.2, -0.15) is 5.26 Å². The summed E-state index contributed by atoms with van der Waals surface area (Å²) < 4.78 is 0.942. The molecule has 0 spiro atoms. The molecule has 2 nitrogen and oxygen atoms in total. The molecule has 0 radical (unpaired) electrons. The summed E-state index contributed by atoms with van der Waals surface area (Å²) >= 11 is 5.73. The van der Waals surface area contributed by atoms with Crippen LogP contribution in [0.15, 0.2) is 22.4 Å². The standard InChI is InChI=1S/C9H5NOS2/c10-4-6-5-1-2-13-9(5)8(12)3-7(6)11/h1-3,11-12H. The van der Waals surface area contributed by atoms with Gasteiger partial charge in [0.15, 0.2) is 0 Å². The number of benzene rings is 1. The van der Waals surface area contributed by atoms with Crippen molar-refractivity contribution in [2.75, 3.05) is 0 Å². The first kappa shape index (κ1) is 8.42. The average molecular weight is 207 g/mol. The molecule has 4 heteroatoms. The molecule has 0 saturated heterocycles. The van der Waals surface area contributed by atoms with Crippen molar-refractivity contribution in [1.29, 1.82) is 5.26 Å². The second-order valence-corrected chi connectivity index (χ2v) is 3.96. The molecule has 1 aromatic heterocycles. The van der Waals surface area contributed by atoms with Crippen LogP contribution in [0.1, 0.15) is 5.56 Å². The van der Waals surface area contributed by atoms with Crippen LogP contribution in [0.4, 0.5) is 0 Å². The number of phenolic OH excluding ortho intramolecular Hbond substituents is 1. The van der Waals surface area contributed by atoms with Gasteiger partial charge in [-0.1, -0.05) is 0 Å². The van der Waals surface area contributed by atoms with Crippen molar-refractivity contribution in [1.82, 2.24) is 0 Å². The summed E-state index contributed by atoms with van der Waals surface area (Å²) in [5.74, 6) is -0.00148. The molecule has 1 aromatic carbocycles. The third-order valence-electron chi connectivity index (χ3n) is 1.81. The SMILES string of the molecule is N#Cc1c(O)cc(S)c2sccc12. The number of thiol groups is 1. The number of thiophene rings is 1. The highest BCUT2D eigenvalue weighted by Gasteiger charge is 2.09. The van der Waals surface area contributed by atoms with Crippen LogP contribution in [0.25, 0.3) is 10.1 Å². The van der Waals surface area contributed by atoms with Crippen molar-refractivity contribution < 1.29 is 5.11 Å². The van der Waals surface area contributed by atoms with Gasteiger partial charge in [-0.05, 0) is 17.5 Å². The normalized spacial score (nSPS) is 10.2. The van der Waals surface area contributed by atoms with Crippen LogP contribution in [-0.4, -0.2) is 5.11 Å². The second-order valence-electron chi connectivity index (χ2n) is 2.57. The predicted octanol–water partition coefficient (Wildman–Crippen LogP) is 2.77. The minimum absolute atomic E-state index is 0.00148. The number of aromatic hydroxyl groups is 1. The lowest BCUT2D eigenvalue weighted by molar-refractivity contribution is 0.473. The minimum Gasteiger partial charge on any atom is -0.507 e. The molecule has 0 aliphatic rings. The first-order valence-electron chi connectivity index (χ1n) is 3.56. The summed E-state index contributed by atoms with van der Waals surface area (Å²) in [6, 6.07) is 5.29. The molecular formula is C9H5NOS2. The summed E-state index contributed by atoms with van der Waals surface area (Å²) in [6.07, 6.45) is 0. The number of nitrogens with zero attached hydrogens (tertiary/aromatic N) is 1. The van der Waals surface area contributed by atoms with Crippen LogP contribution < -0.4 is 0 Å². The summed E-state index contributed by atoms with van der Waals surface area (Å²) in [6.45, 7) is 0. The molecule has 0 atom stereocenters. The van der Waals surface area contributed by atoms with Gasteiger partial charge in [0, 0.05) is 15.0 Å². The molecule has 0 amide bonds. The summed E-state index contributed by atoms with van der Waals surface area (Å²) in [4.78, 5) is 0.710. The van der Waals surface area contributed by atoms with E-state index in [4.69, 9.17) is 5.26 Å². The molecule has 64 valence electrons. The maximum absolute atomic E-state index is 9.44. The zero-order valence-corrected chi connectivity index (χ0v) is 8.19. The molecule has 1 N–H and O–H groups in total. The Hall–Kier alpha value is -1.18. The van der Waals surface area contributed by atoms with Gasteiger partial charge in [-0.3, -0.25) is 0 Å². The topological polar surface area (TPSA) is 44.0 Å². The molecule has 0 unspecified atom stereocenters. The lowest BCUT2D eigenvalue weighted by Gasteiger charge is -2.00. The third-order valence-corrected chi connectivity index (χ3v) is 3.26. The van der Waals surface area contributed by atoms with Crippen molar-refractivity contribution in [2.45, 2.75) is 4.90 Å². The highest BCUT2D eigenvalue weighted by molar-refractivity contribution is 7.80. The fraction of sp³-hybridized carbons (Fsp3) is 0. The molecule has 1 heterocycles. The first-order valence-corrected chi connectivity index (χ1v) is 4.89. The van der Waals surface area contributed by atoms with Crippen LogP contribution in [0.5, 0.6) is 5.75 Å². The lowest BCUT2D eigenvalue weighted by atomic mass is 10.1. The largest absolute Gasteiger partial charge is 0.507 e. The molecule has 0 aliphatic carbocycles. The van der Waals surface area contributed by atoms with Crippen LogP contribution >= 0.6 is 24.0 Å². The van der Waals surface area contributed by atoms with Gasteiger partial charge in [0.1, 0.15) is 17.4 Å². The Bertz CT molecular complexity index is 510. The van der Waals surface area contributed by atoms with E-state index < -0.39 is 0 Å². The number of rotatable bonds is 0. The van der Waals surface area contributed by atoms with Crippen LogP contribution in [0.3, 0.4) is 0 Å². The molecule has 2 aromatic rings. The Morgan fingerprint density at radius 1 is 1.54 bits per heavy atom. The number of phenols is 1. The van der Waals surface area contributed by atoms with E-state index in [1.165, 1.54) is 17.4 Å². The smallest absolute Gasteiger partial charge is 0.135 e. The van der Waals surface area contributed by atoms with Gasteiger partial charge in [-0.25, -0.2) is 0 Å². The average Bonchev–Trinajstić information content (AvgIpc) is 2.53. The molecule has 0 saturated carbocycles. The number of nitriles is 1. The fourth-order valence-corrected chi connectivity index (χ4v) is 2.44. The van der Waals surface area contributed by atoms with Crippen molar-refractivity contribution in [2.24, 2.45) is 0 Å². The van der Waals surface area contributed by atoms with Crippen LogP contribution in [-0.2, 0) is 0 Å². The van der Waals surface area contributed by atoms with Crippen molar-refractivity contribution in [3.63, 3.8) is 0 Å². The van der Waals surface area contributed by atoms with Gasteiger partial charge in [-0.15, -0.1) is 24.0 Å². The number of fused-ring (bicyclic) bond motifs is 1. The molecule has 0 aliphatic heterocycles. The van der Waals surface area contributed by atoms with E-state index in [-0.39, 0.29) is 5.75 Å². The summed E-state index contributed by atoms with van der Waals surface area (Å²) in [5.41, 5.74) is 0.328. The van der Waals surface area contributed by atoms with Gasteiger partial charge >= 0.3 is 0 Å². The Morgan fingerprint density at radius 2 is 2.31 bits per heavy atom. The fourth-order valence-electron chi connectivity index (χ4n) is 1.23. The second kappa shape index (κ2) is 2.95. The Labute approximate surface area is 84.5 Å². The quantitative estimate of drug-likeness (QED) is 0.652. The molecule has 2 rings (SSSR count). The molecule has 13 heavy (non-hydrogen) atoms. The summed E-state index contributed by atoms with van der Waals surface area (Å²) in [5, 5.41) is 20.9. The summed E-state index contributed by atoms with van der Waals surface area (Å²) in [7, 11) is 0. The maximum atomic E-state index is 9.44. The van der Waals surface area contributed by atoms with E-state index in [1.54, 1.807) is 0 Å². The first-order chi connectivity index (χ1) is 6.24. The van der Waals surface area contributed by atoms with E-state index in [9.17, 15) is 5.11 Å². The molecule has 0 bridgehead atoms. The minimum atomic E-state index is -0.00148. The Balaban J connectivity index is 2.99. The Morgan fingerprint density at radius 3 is 3.00 bits per heavy atom. The van der Waals surface area contributed by atoms with Crippen LogP contribution in [0, 0.1) is 11.3 Å². The molecular weight excluding hydrogens is 202 g/mol. The van der Waals surface area contributed by atoms with Crippen molar-refractivity contribution in [3.05, 3.63) is 23.1 Å². The van der Waals surface area contributed by atoms with E-state index >= 15 is 0 Å². The van der Waals surface area contributed by atoms with Gasteiger partial charge in [0.25, 0.3) is 0 Å². The van der Waals surface area contributed by atoms with Gasteiger partial charge in [0.05, 0.1) is 0 Å².